The van der Waals surface area contributed by atoms with Crippen LogP contribution in [0.3, 0.4) is 0 Å². The molecule has 0 bridgehead atoms. The summed E-state index contributed by atoms with van der Waals surface area (Å²) in [6, 6.07) is 15.4. The number of nitrogens with two attached hydrogens (primary N) is 1. The van der Waals surface area contributed by atoms with Gasteiger partial charge in [0.1, 0.15) is 0 Å². The van der Waals surface area contributed by atoms with Crippen molar-refractivity contribution in [2.75, 3.05) is 11.4 Å². The Balaban J connectivity index is 1.87. The van der Waals surface area contributed by atoms with Crippen molar-refractivity contribution in [1.82, 2.24) is 0 Å². The zero-order valence-corrected chi connectivity index (χ0v) is 20.4. The summed E-state index contributed by atoms with van der Waals surface area (Å²) in [4.78, 5) is 29.1. The predicted molar refractivity (Wildman–Crippen MR) is 139 cm³/mol. The van der Waals surface area contributed by atoms with Crippen LogP contribution < -0.4 is 10.6 Å². The number of anilines is 1. The van der Waals surface area contributed by atoms with Crippen molar-refractivity contribution in [3.8, 4) is 11.8 Å². The van der Waals surface area contributed by atoms with Crippen molar-refractivity contribution in [2.24, 2.45) is 5.73 Å². The first kappa shape index (κ1) is 23.7. The SMILES string of the molecule is CC(C)c1cccc(C(C)C)c1N1C(=O)c2cccc3c(C#CCCCCN)ccc(c23)C1=O. The number of carbonyl (C=O) groups is 2. The molecule has 0 unspecified atom stereocenters. The zero-order valence-electron chi connectivity index (χ0n) is 20.4. The van der Waals surface area contributed by atoms with Crippen LogP contribution in [0.1, 0.15) is 96.2 Å². The van der Waals surface area contributed by atoms with Gasteiger partial charge in [0.25, 0.3) is 11.8 Å². The molecule has 2 amide bonds. The molecule has 174 valence electrons. The maximum atomic E-state index is 13.9. The van der Waals surface area contributed by atoms with Gasteiger partial charge >= 0.3 is 0 Å². The van der Waals surface area contributed by atoms with Crippen molar-refractivity contribution in [1.29, 1.82) is 0 Å². The van der Waals surface area contributed by atoms with Gasteiger partial charge in [0.15, 0.2) is 0 Å². The lowest BCUT2D eigenvalue weighted by molar-refractivity contribution is 0.0893. The lowest BCUT2D eigenvalue weighted by Crippen LogP contribution is -2.41. The highest BCUT2D eigenvalue weighted by Gasteiger charge is 2.37. The molecule has 0 atom stereocenters. The normalized spacial score (nSPS) is 13.1. The Morgan fingerprint density at radius 1 is 0.824 bits per heavy atom. The molecular weight excluding hydrogens is 420 g/mol. The second-order valence-electron chi connectivity index (χ2n) is 9.48. The third kappa shape index (κ3) is 4.13. The van der Waals surface area contributed by atoms with Crippen LogP contribution in [-0.4, -0.2) is 18.4 Å². The fourth-order valence-corrected chi connectivity index (χ4v) is 4.69. The van der Waals surface area contributed by atoms with Gasteiger partial charge in [-0.2, -0.15) is 0 Å². The third-order valence-corrected chi connectivity index (χ3v) is 6.45. The van der Waals surface area contributed by atoms with Crippen molar-refractivity contribution < 1.29 is 9.59 Å². The molecule has 1 aliphatic heterocycles. The van der Waals surface area contributed by atoms with Crippen molar-refractivity contribution in [3.63, 3.8) is 0 Å². The van der Waals surface area contributed by atoms with Gasteiger partial charge in [-0.1, -0.05) is 69.9 Å². The summed E-state index contributed by atoms with van der Waals surface area (Å²) >= 11 is 0. The molecule has 1 aliphatic rings. The van der Waals surface area contributed by atoms with Gasteiger partial charge in [-0.15, -0.1) is 0 Å². The van der Waals surface area contributed by atoms with E-state index in [4.69, 9.17) is 5.73 Å². The molecule has 0 saturated carbocycles. The minimum absolute atomic E-state index is 0.170. The van der Waals surface area contributed by atoms with Crippen LogP contribution in [0.15, 0.2) is 48.5 Å². The zero-order chi connectivity index (χ0) is 24.4. The molecule has 4 rings (SSSR count). The molecule has 4 nitrogen and oxygen atoms in total. The molecule has 1 heterocycles. The highest BCUT2D eigenvalue weighted by molar-refractivity contribution is 6.36. The number of rotatable bonds is 6. The molecule has 0 saturated heterocycles. The van der Waals surface area contributed by atoms with E-state index in [0.717, 1.165) is 47.0 Å². The number of benzene rings is 3. The molecule has 3 aromatic rings. The van der Waals surface area contributed by atoms with Crippen LogP contribution in [-0.2, 0) is 0 Å². The van der Waals surface area contributed by atoms with Crippen LogP contribution in [0, 0.1) is 11.8 Å². The van der Waals surface area contributed by atoms with E-state index in [1.807, 2.05) is 48.5 Å². The van der Waals surface area contributed by atoms with E-state index in [9.17, 15) is 9.59 Å². The second-order valence-corrected chi connectivity index (χ2v) is 9.48. The first-order valence-electron chi connectivity index (χ1n) is 12.1. The molecule has 2 N–H and O–H groups in total. The van der Waals surface area contributed by atoms with Gasteiger partial charge in [0.05, 0.1) is 5.69 Å². The lowest BCUT2D eigenvalue weighted by atomic mass is 9.87. The molecule has 0 aliphatic carbocycles. The molecule has 0 spiro atoms. The Bertz CT molecular complexity index is 1280. The number of amides is 2. The average Bonchev–Trinajstić information content (AvgIpc) is 2.82. The number of unbranched alkanes of at least 4 members (excludes halogenated alkanes) is 2. The maximum Gasteiger partial charge on any atom is 0.266 e. The Labute approximate surface area is 202 Å². The summed E-state index contributed by atoms with van der Waals surface area (Å²) in [6.07, 6.45) is 2.69. The molecule has 34 heavy (non-hydrogen) atoms. The molecule has 4 heteroatoms. The van der Waals surface area contributed by atoms with Crippen molar-refractivity contribution in [2.45, 2.75) is 58.8 Å². The number of nitrogens with zero attached hydrogens (tertiary/aromatic N) is 1. The van der Waals surface area contributed by atoms with E-state index in [0.29, 0.717) is 23.1 Å². The summed E-state index contributed by atoms with van der Waals surface area (Å²) in [5.41, 5.74) is 10.2. The quantitative estimate of drug-likeness (QED) is 0.269. The van der Waals surface area contributed by atoms with E-state index >= 15 is 0 Å². The Morgan fingerprint density at radius 2 is 1.44 bits per heavy atom. The lowest BCUT2D eigenvalue weighted by Gasteiger charge is -2.32. The molecule has 0 aromatic heterocycles. The maximum absolute atomic E-state index is 13.9. The number of hydrogen-bond donors (Lipinski definition) is 1. The summed E-state index contributed by atoms with van der Waals surface area (Å²) in [5, 5.41) is 1.56. The van der Waals surface area contributed by atoms with Crippen LogP contribution in [0.25, 0.3) is 10.8 Å². The second kappa shape index (κ2) is 9.83. The largest absolute Gasteiger partial charge is 0.330 e. The van der Waals surface area contributed by atoms with Crippen LogP contribution in [0.2, 0.25) is 0 Å². The van der Waals surface area contributed by atoms with Gasteiger partial charge in [-0.05, 0) is 65.9 Å². The van der Waals surface area contributed by atoms with E-state index < -0.39 is 0 Å². The van der Waals surface area contributed by atoms with Gasteiger partial charge in [-0.25, -0.2) is 4.90 Å². The number of hydrogen-bond acceptors (Lipinski definition) is 3. The first-order chi connectivity index (χ1) is 16.4. The van der Waals surface area contributed by atoms with Gasteiger partial charge in [-0.3, -0.25) is 9.59 Å². The Kier molecular flexibility index (Phi) is 6.86. The third-order valence-electron chi connectivity index (χ3n) is 6.45. The monoisotopic (exact) mass is 452 g/mol. The average molecular weight is 453 g/mol. The first-order valence-corrected chi connectivity index (χ1v) is 12.1. The Morgan fingerprint density at radius 3 is 2.06 bits per heavy atom. The standard InChI is InChI=1S/C30H32N2O2/c1-19(2)22-12-9-13-23(20(3)4)28(22)32-29(33)25-15-10-14-24-21(11-7-5-6-8-18-31)16-17-26(27(24)25)30(32)34/h9-10,12-17,19-20H,5-6,8,18,31H2,1-4H3. The van der Waals surface area contributed by atoms with Crippen LogP contribution >= 0.6 is 0 Å². The summed E-state index contributed by atoms with van der Waals surface area (Å²) in [6.45, 7) is 9.04. The molecule has 0 radical (unpaired) electrons. The number of imide groups is 1. The highest BCUT2D eigenvalue weighted by atomic mass is 16.2. The van der Waals surface area contributed by atoms with E-state index in [1.54, 1.807) is 0 Å². The fraction of sp³-hybridized carbons (Fsp3) is 0.333. The predicted octanol–water partition coefficient (Wildman–Crippen LogP) is 6.37. The van der Waals surface area contributed by atoms with Gasteiger partial charge in [0.2, 0.25) is 0 Å². The molecular formula is C30H32N2O2. The minimum Gasteiger partial charge on any atom is -0.330 e. The smallest absolute Gasteiger partial charge is 0.266 e. The Hall–Kier alpha value is -3.42. The number of para-hydroxylation sites is 1. The van der Waals surface area contributed by atoms with E-state index in [-0.39, 0.29) is 23.7 Å². The van der Waals surface area contributed by atoms with Crippen LogP contribution in [0.5, 0.6) is 0 Å². The number of carbonyl (C=O) groups excluding carboxylic acids is 2. The van der Waals surface area contributed by atoms with Crippen LogP contribution in [0.4, 0.5) is 5.69 Å². The summed E-state index contributed by atoms with van der Waals surface area (Å²) < 4.78 is 0. The minimum atomic E-state index is -0.272. The van der Waals surface area contributed by atoms with E-state index in [2.05, 4.69) is 39.5 Å². The fourth-order valence-electron chi connectivity index (χ4n) is 4.69. The van der Waals surface area contributed by atoms with Crippen molar-refractivity contribution in [3.05, 3.63) is 76.3 Å². The van der Waals surface area contributed by atoms with Gasteiger partial charge in [0, 0.05) is 28.5 Å². The molecule has 3 aromatic carbocycles. The highest BCUT2D eigenvalue weighted by Crippen LogP contribution is 2.40. The van der Waals surface area contributed by atoms with Crippen molar-refractivity contribution >= 4 is 28.3 Å². The van der Waals surface area contributed by atoms with Gasteiger partial charge < -0.3 is 5.73 Å². The summed E-state index contributed by atoms with van der Waals surface area (Å²) in [7, 11) is 0. The molecule has 0 fully saturated rings. The topological polar surface area (TPSA) is 63.4 Å². The van der Waals surface area contributed by atoms with E-state index in [1.165, 1.54) is 4.90 Å². The summed E-state index contributed by atoms with van der Waals surface area (Å²) in [5.74, 6) is 6.25.